The lowest BCUT2D eigenvalue weighted by atomic mass is 9.98. The van der Waals surface area contributed by atoms with Gasteiger partial charge in [-0.25, -0.2) is 0 Å². The number of fused-ring (bicyclic) bond motifs is 1. The molecular formula is C23H20N2O2. The molecule has 3 aromatic carbocycles. The van der Waals surface area contributed by atoms with Crippen LogP contribution in [0, 0.1) is 6.92 Å². The van der Waals surface area contributed by atoms with Gasteiger partial charge in [0.1, 0.15) is 0 Å². The summed E-state index contributed by atoms with van der Waals surface area (Å²) >= 11 is 0. The second-order valence-electron chi connectivity index (χ2n) is 6.93. The monoisotopic (exact) mass is 356 g/mol. The predicted molar refractivity (Wildman–Crippen MR) is 107 cm³/mol. The Labute approximate surface area is 158 Å². The lowest BCUT2D eigenvalue weighted by molar-refractivity contribution is 0.174. The van der Waals surface area contributed by atoms with Crippen molar-refractivity contribution in [3.05, 3.63) is 89.5 Å². The van der Waals surface area contributed by atoms with Gasteiger partial charge in [0.2, 0.25) is 6.79 Å². The zero-order valence-corrected chi connectivity index (χ0v) is 15.1. The molecule has 0 saturated carbocycles. The summed E-state index contributed by atoms with van der Waals surface area (Å²) in [7, 11) is 0. The zero-order chi connectivity index (χ0) is 18.2. The summed E-state index contributed by atoms with van der Waals surface area (Å²) < 4.78 is 11.1. The van der Waals surface area contributed by atoms with Crippen molar-refractivity contribution in [3.8, 4) is 11.5 Å². The van der Waals surface area contributed by atoms with E-state index in [0.29, 0.717) is 0 Å². The molecule has 0 saturated heterocycles. The minimum absolute atomic E-state index is 0.123. The van der Waals surface area contributed by atoms with E-state index in [1.165, 1.54) is 11.1 Å². The SMILES string of the molecule is Cc1ccc(N2N=C(c3ccccc3)C[C@@H]2c2ccc3c(c2)OCO3)cc1. The third-order valence-electron chi connectivity index (χ3n) is 5.10. The molecule has 4 heteroatoms. The van der Waals surface area contributed by atoms with E-state index in [0.717, 1.165) is 34.9 Å². The van der Waals surface area contributed by atoms with Crippen LogP contribution in [0.4, 0.5) is 5.69 Å². The molecule has 0 amide bonds. The maximum atomic E-state index is 5.59. The van der Waals surface area contributed by atoms with Gasteiger partial charge in [0.05, 0.1) is 17.4 Å². The minimum atomic E-state index is 0.123. The number of rotatable bonds is 3. The standard InChI is InChI=1S/C23H20N2O2/c1-16-7-10-19(11-8-16)25-21(14-20(24-25)17-5-3-2-4-6-17)18-9-12-22-23(13-18)27-15-26-22/h2-13,21H,14-15H2,1H3/t21-/m1/s1. The topological polar surface area (TPSA) is 34.1 Å². The van der Waals surface area contributed by atoms with E-state index in [1.54, 1.807) is 0 Å². The summed E-state index contributed by atoms with van der Waals surface area (Å²) in [6.07, 6.45) is 0.845. The highest BCUT2D eigenvalue weighted by Gasteiger charge is 2.31. The normalized spacial score (nSPS) is 17.9. The first-order valence-corrected chi connectivity index (χ1v) is 9.16. The van der Waals surface area contributed by atoms with Crippen LogP contribution in [-0.2, 0) is 0 Å². The number of hydrogen-bond acceptors (Lipinski definition) is 4. The number of hydrazone groups is 1. The van der Waals surface area contributed by atoms with Crippen molar-refractivity contribution in [2.75, 3.05) is 11.8 Å². The summed E-state index contributed by atoms with van der Waals surface area (Å²) in [4.78, 5) is 0. The Bertz CT molecular complexity index is 997. The second-order valence-corrected chi connectivity index (χ2v) is 6.93. The molecular weight excluding hydrogens is 336 g/mol. The number of aryl methyl sites for hydroxylation is 1. The summed E-state index contributed by atoms with van der Waals surface area (Å²) in [5.41, 5.74) is 5.77. The summed E-state index contributed by atoms with van der Waals surface area (Å²) in [6.45, 7) is 2.39. The maximum Gasteiger partial charge on any atom is 0.231 e. The largest absolute Gasteiger partial charge is 0.454 e. The zero-order valence-electron chi connectivity index (χ0n) is 15.1. The molecule has 2 aliphatic heterocycles. The highest BCUT2D eigenvalue weighted by Crippen LogP contribution is 2.41. The fourth-order valence-corrected chi connectivity index (χ4v) is 3.63. The van der Waals surface area contributed by atoms with Crippen LogP contribution in [0.15, 0.2) is 77.9 Å². The molecule has 0 N–H and O–H groups in total. The van der Waals surface area contributed by atoms with Gasteiger partial charge in [0, 0.05) is 6.42 Å². The Morgan fingerprint density at radius 3 is 2.48 bits per heavy atom. The molecule has 134 valence electrons. The third kappa shape index (κ3) is 2.93. The van der Waals surface area contributed by atoms with Gasteiger partial charge in [-0.15, -0.1) is 0 Å². The van der Waals surface area contributed by atoms with Gasteiger partial charge in [-0.05, 0) is 42.3 Å². The van der Waals surface area contributed by atoms with Gasteiger partial charge >= 0.3 is 0 Å². The molecule has 0 aromatic heterocycles. The van der Waals surface area contributed by atoms with Crippen molar-refractivity contribution < 1.29 is 9.47 Å². The lowest BCUT2D eigenvalue weighted by Crippen LogP contribution is -2.18. The number of ether oxygens (including phenoxy) is 2. The molecule has 0 fully saturated rings. The Balaban J connectivity index is 1.55. The number of nitrogens with zero attached hydrogens (tertiary/aromatic N) is 2. The highest BCUT2D eigenvalue weighted by atomic mass is 16.7. The van der Waals surface area contributed by atoms with E-state index in [9.17, 15) is 0 Å². The molecule has 27 heavy (non-hydrogen) atoms. The van der Waals surface area contributed by atoms with Crippen LogP contribution < -0.4 is 14.5 Å². The van der Waals surface area contributed by atoms with Crippen molar-refractivity contribution in [3.63, 3.8) is 0 Å². The van der Waals surface area contributed by atoms with Gasteiger partial charge in [-0.3, -0.25) is 5.01 Å². The van der Waals surface area contributed by atoms with Crippen molar-refractivity contribution in [2.45, 2.75) is 19.4 Å². The van der Waals surface area contributed by atoms with Crippen molar-refractivity contribution in [2.24, 2.45) is 5.10 Å². The predicted octanol–water partition coefficient (Wildman–Crippen LogP) is 5.08. The van der Waals surface area contributed by atoms with Crippen molar-refractivity contribution in [1.82, 2.24) is 0 Å². The molecule has 5 rings (SSSR count). The van der Waals surface area contributed by atoms with Crippen LogP contribution >= 0.6 is 0 Å². The van der Waals surface area contributed by atoms with E-state index in [4.69, 9.17) is 14.6 Å². The molecule has 1 atom stereocenters. The fourth-order valence-electron chi connectivity index (χ4n) is 3.63. The number of benzene rings is 3. The van der Waals surface area contributed by atoms with Crippen molar-refractivity contribution >= 4 is 11.4 Å². The number of anilines is 1. The minimum Gasteiger partial charge on any atom is -0.454 e. The van der Waals surface area contributed by atoms with E-state index >= 15 is 0 Å². The molecule has 0 unspecified atom stereocenters. The smallest absolute Gasteiger partial charge is 0.231 e. The fraction of sp³-hybridized carbons (Fsp3) is 0.174. The Hall–Kier alpha value is -3.27. The molecule has 0 aliphatic carbocycles. The van der Waals surface area contributed by atoms with E-state index in [2.05, 4.69) is 72.6 Å². The van der Waals surface area contributed by atoms with E-state index in [-0.39, 0.29) is 12.8 Å². The van der Waals surface area contributed by atoms with Crippen LogP contribution in [0.1, 0.15) is 29.2 Å². The van der Waals surface area contributed by atoms with Gasteiger partial charge < -0.3 is 9.47 Å². The molecule has 0 bridgehead atoms. The molecule has 0 spiro atoms. The molecule has 2 aliphatic rings. The quantitative estimate of drug-likeness (QED) is 0.656. The molecule has 2 heterocycles. The van der Waals surface area contributed by atoms with Gasteiger partial charge in [-0.1, -0.05) is 54.1 Å². The van der Waals surface area contributed by atoms with Gasteiger partial charge in [-0.2, -0.15) is 5.10 Å². The van der Waals surface area contributed by atoms with Crippen LogP contribution in [-0.4, -0.2) is 12.5 Å². The van der Waals surface area contributed by atoms with Crippen LogP contribution in [0.25, 0.3) is 0 Å². The van der Waals surface area contributed by atoms with Gasteiger partial charge in [0.25, 0.3) is 0 Å². The maximum absolute atomic E-state index is 5.59. The molecule has 4 nitrogen and oxygen atoms in total. The van der Waals surface area contributed by atoms with Crippen LogP contribution in [0.2, 0.25) is 0 Å². The van der Waals surface area contributed by atoms with Gasteiger partial charge in [0.15, 0.2) is 11.5 Å². The first-order chi connectivity index (χ1) is 13.3. The lowest BCUT2D eigenvalue weighted by Gasteiger charge is -2.24. The summed E-state index contributed by atoms with van der Waals surface area (Å²) in [5.74, 6) is 1.62. The Morgan fingerprint density at radius 1 is 0.889 bits per heavy atom. The first-order valence-electron chi connectivity index (χ1n) is 9.16. The van der Waals surface area contributed by atoms with Crippen molar-refractivity contribution in [1.29, 1.82) is 0 Å². The highest BCUT2D eigenvalue weighted by molar-refractivity contribution is 6.03. The number of hydrogen-bond donors (Lipinski definition) is 0. The first kappa shape index (κ1) is 15.9. The van der Waals surface area contributed by atoms with E-state index < -0.39 is 0 Å². The van der Waals surface area contributed by atoms with Crippen LogP contribution in [0.5, 0.6) is 11.5 Å². The van der Waals surface area contributed by atoms with Crippen LogP contribution in [0.3, 0.4) is 0 Å². The molecule has 3 aromatic rings. The summed E-state index contributed by atoms with van der Waals surface area (Å²) in [5, 5.41) is 7.11. The Kier molecular flexibility index (Phi) is 3.82. The molecule has 0 radical (unpaired) electrons. The van der Waals surface area contributed by atoms with E-state index in [1.807, 2.05) is 12.1 Å². The average molecular weight is 356 g/mol. The third-order valence-corrected chi connectivity index (χ3v) is 5.10. The average Bonchev–Trinajstić information content (AvgIpc) is 3.36. The Morgan fingerprint density at radius 2 is 1.67 bits per heavy atom. The summed E-state index contributed by atoms with van der Waals surface area (Å²) in [6, 6.07) is 25.2. The second kappa shape index (κ2) is 6.47.